The van der Waals surface area contributed by atoms with Crippen molar-refractivity contribution in [3.8, 4) is 11.1 Å². The van der Waals surface area contributed by atoms with Gasteiger partial charge in [-0.2, -0.15) is 0 Å². The van der Waals surface area contributed by atoms with Crippen molar-refractivity contribution in [1.29, 1.82) is 0 Å². The number of unbranched alkanes of at least 4 members (excludes halogenated alkanes) is 3. The molecular weight excluding hydrogens is 458 g/mol. The van der Waals surface area contributed by atoms with E-state index >= 15 is 0 Å². The number of hydrogen-bond donors (Lipinski definition) is 0. The van der Waals surface area contributed by atoms with Crippen molar-refractivity contribution in [2.75, 3.05) is 20.1 Å². The van der Waals surface area contributed by atoms with E-state index in [1.807, 2.05) is 24.3 Å². The zero-order valence-electron chi connectivity index (χ0n) is 23.5. The van der Waals surface area contributed by atoms with E-state index in [4.69, 9.17) is 11.6 Å². The van der Waals surface area contributed by atoms with Gasteiger partial charge in [0.15, 0.2) is 0 Å². The lowest BCUT2D eigenvalue weighted by atomic mass is 10.0. The third kappa shape index (κ3) is 10.5. The van der Waals surface area contributed by atoms with Crippen LogP contribution >= 0.6 is 11.6 Å². The average molecular weight is 506 g/mol. The fraction of sp³-hybridized carbons (Fsp3) is 0.471. The van der Waals surface area contributed by atoms with Gasteiger partial charge < -0.3 is 4.90 Å². The molecule has 1 fully saturated rings. The number of rotatable bonds is 5. The summed E-state index contributed by atoms with van der Waals surface area (Å²) < 4.78 is 0. The number of nitrogens with zero attached hydrogens (tertiary/aromatic N) is 1. The van der Waals surface area contributed by atoms with Crippen LogP contribution in [0.15, 0.2) is 66.7 Å². The highest BCUT2D eigenvalue weighted by molar-refractivity contribution is 6.30. The Morgan fingerprint density at radius 3 is 1.75 bits per heavy atom. The van der Waals surface area contributed by atoms with Gasteiger partial charge in [0, 0.05) is 5.02 Å². The Morgan fingerprint density at radius 1 is 0.667 bits per heavy atom. The molecule has 0 spiro atoms. The van der Waals surface area contributed by atoms with Crippen LogP contribution < -0.4 is 0 Å². The van der Waals surface area contributed by atoms with Crippen LogP contribution in [0.2, 0.25) is 5.02 Å². The molecule has 0 bridgehead atoms. The van der Waals surface area contributed by atoms with Crippen LogP contribution in [0, 0.1) is 0 Å². The fourth-order valence-electron chi connectivity index (χ4n) is 4.51. The molecule has 1 aliphatic heterocycles. The molecule has 36 heavy (non-hydrogen) atoms. The first kappa shape index (κ1) is 30.1. The predicted octanol–water partition coefficient (Wildman–Crippen LogP) is 10.0. The van der Waals surface area contributed by atoms with Crippen molar-refractivity contribution in [3.05, 3.63) is 94.0 Å². The highest BCUT2D eigenvalue weighted by Crippen LogP contribution is 2.36. The molecule has 0 saturated carbocycles. The summed E-state index contributed by atoms with van der Waals surface area (Å²) in [5.41, 5.74) is 8.61. The number of aryl methyl sites for hydroxylation is 2. The second-order valence-electron chi connectivity index (χ2n) is 9.88. The Hall–Kier alpha value is -2.09. The van der Waals surface area contributed by atoms with E-state index in [0.29, 0.717) is 0 Å². The maximum Gasteiger partial charge on any atom is 0.0406 e. The fourth-order valence-corrected chi connectivity index (χ4v) is 4.64. The molecule has 1 heterocycles. The van der Waals surface area contributed by atoms with Crippen LogP contribution in [-0.4, -0.2) is 25.0 Å². The van der Waals surface area contributed by atoms with Gasteiger partial charge in [0.1, 0.15) is 0 Å². The molecule has 5 rings (SSSR count). The van der Waals surface area contributed by atoms with E-state index in [-0.39, 0.29) is 0 Å². The Kier molecular flexibility index (Phi) is 14.5. The smallest absolute Gasteiger partial charge is 0.0406 e. The van der Waals surface area contributed by atoms with Gasteiger partial charge in [0.25, 0.3) is 0 Å². The first-order valence-electron chi connectivity index (χ1n) is 14.1. The van der Waals surface area contributed by atoms with E-state index < -0.39 is 0 Å². The lowest BCUT2D eigenvalue weighted by Gasteiger charge is -2.02. The molecule has 2 aliphatic rings. The molecule has 0 radical (unpaired) electrons. The van der Waals surface area contributed by atoms with Crippen molar-refractivity contribution < 1.29 is 0 Å². The molecule has 1 aliphatic carbocycles. The van der Waals surface area contributed by atoms with Crippen LogP contribution in [0.25, 0.3) is 11.1 Å². The second-order valence-corrected chi connectivity index (χ2v) is 10.3. The van der Waals surface area contributed by atoms with Crippen molar-refractivity contribution in [1.82, 2.24) is 4.90 Å². The lowest BCUT2D eigenvalue weighted by molar-refractivity contribution is 0.418. The van der Waals surface area contributed by atoms with Crippen molar-refractivity contribution in [3.63, 3.8) is 0 Å². The third-order valence-electron chi connectivity index (χ3n) is 6.87. The summed E-state index contributed by atoms with van der Waals surface area (Å²) in [7, 11) is 2.17. The first-order chi connectivity index (χ1) is 17.5. The van der Waals surface area contributed by atoms with Gasteiger partial charge in [-0.1, -0.05) is 120 Å². The molecular formula is C34H48ClN. The number of likely N-dealkylation sites (tertiary alicyclic amines) is 1. The van der Waals surface area contributed by atoms with Gasteiger partial charge in [-0.05, 0) is 97.8 Å². The van der Waals surface area contributed by atoms with Gasteiger partial charge in [0.2, 0.25) is 0 Å². The molecule has 3 aromatic carbocycles. The summed E-state index contributed by atoms with van der Waals surface area (Å²) >= 11 is 5.67. The van der Waals surface area contributed by atoms with Gasteiger partial charge in [-0.25, -0.2) is 0 Å². The minimum Gasteiger partial charge on any atom is -0.306 e. The summed E-state index contributed by atoms with van der Waals surface area (Å²) in [6, 6.07) is 23.5. The molecule has 196 valence electrons. The van der Waals surface area contributed by atoms with Crippen LogP contribution in [-0.2, 0) is 19.3 Å². The minimum atomic E-state index is 0.812. The monoisotopic (exact) mass is 505 g/mol. The van der Waals surface area contributed by atoms with Crippen molar-refractivity contribution in [2.24, 2.45) is 0 Å². The maximum atomic E-state index is 5.67. The lowest BCUT2D eigenvalue weighted by Crippen LogP contribution is -2.10. The molecule has 1 saturated heterocycles. The molecule has 0 N–H and O–H groups in total. The van der Waals surface area contributed by atoms with Gasteiger partial charge in [-0.15, -0.1) is 0 Å². The predicted molar refractivity (Wildman–Crippen MR) is 161 cm³/mol. The van der Waals surface area contributed by atoms with Crippen LogP contribution in [0.5, 0.6) is 0 Å². The minimum absolute atomic E-state index is 0.812. The standard InChI is InChI=1S/C15H14.C8H9Cl.C6H14.C5H11N/c1-2-11-7-8-15-13(9-11)10-12-5-3-4-6-14(12)15;1-2-7-3-5-8(9)6-4-7;1-3-5-6-4-2;1-6-4-2-3-5-6/h3-9H,2,10H2,1H3;3-6H,2H2,1H3;3-6H2,1-2H3;2-5H2,1H3. The van der Waals surface area contributed by atoms with Crippen LogP contribution in [0.3, 0.4) is 0 Å². The SMILES string of the molecule is CCCCCC.CCc1ccc(Cl)cc1.CCc1ccc2c(c1)Cc1ccccc1-2.CN1CCCC1. The van der Waals surface area contributed by atoms with Gasteiger partial charge >= 0.3 is 0 Å². The zero-order chi connectivity index (χ0) is 26.2. The van der Waals surface area contributed by atoms with E-state index in [2.05, 4.69) is 82.1 Å². The average Bonchev–Trinajstić information content (AvgIpc) is 3.55. The van der Waals surface area contributed by atoms with E-state index in [9.17, 15) is 0 Å². The summed E-state index contributed by atoms with van der Waals surface area (Å²) in [4.78, 5) is 2.36. The Morgan fingerprint density at radius 2 is 1.22 bits per heavy atom. The molecule has 0 unspecified atom stereocenters. The Labute approximate surface area is 226 Å². The maximum absolute atomic E-state index is 5.67. The molecule has 1 nitrogen and oxygen atoms in total. The first-order valence-corrected chi connectivity index (χ1v) is 14.5. The largest absolute Gasteiger partial charge is 0.306 e. The summed E-state index contributed by atoms with van der Waals surface area (Å²) in [6.45, 7) is 11.4. The quantitative estimate of drug-likeness (QED) is 0.244. The van der Waals surface area contributed by atoms with Crippen LogP contribution in [0.4, 0.5) is 0 Å². The summed E-state index contributed by atoms with van der Waals surface area (Å²) in [5.74, 6) is 0. The topological polar surface area (TPSA) is 3.24 Å². The highest BCUT2D eigenvalue weighted by atomic mass is 35.5. The third-order valence-corrected chi connectivity index (χ3v) is 7.13. The normalized spacial score (nSPS) is 13.3. The molecule has 3 aromatic rings. The number of fused-ring (bicyclic) bond motifs is 3. The van der Waals surface area contributed by atoms with E-state index in [0.717, 1.165) is 24.3 Å². The number of hydrogen-bond acceptors (Lipinski definition) is 1. The molecule has 0 atom stereocenters. The zero-order valence-corrected chi connectivity index (χ0v) is 24.2. The van der Waals surface area contributed by atoms with E-state index in [1.165, 1.54) is 85.0 Å². The van der Waals surface area contributed by atoms with E-state index in [1.54, 1.807) is 0 Å². The summed E-state index contributed by atoms with van der Waals surface area (Å²) in [6.07, 6.45) is 11.7. The highest BCUT2D eigenvalue weighted by Gasteiger charge is 2.17. The van der Waals surface area contributed by atoms with Crippen molar-refractivity contribution in [2.45, 2.75) is 85.5 Å². The Bertz CT molecular complexity index is 982. The second kappa shape index (κ2) is 17.4. The summed E-state index contributed by atoms with van der Waals surface area (Å²) in [5, 5.41) is 0.812. The molecule has 2 heteroatoms. The number of halogens is 1. The van der Waals surface area contributed by atoms with Gasteiger partial charge in [-0.3, -0.25) is 0 Å². The Balaban J connectivity index is 0.000000186. The molecule has 0 aromatic heterocycles. The molecule has 0 amide bonds. The van der Waals surface area contributed by atoms with Crippen LogP contribution in [0.1, 0.15) is 88.5 Å². The van der Waals surface area contributed by atoms with Gasteiger partial charge in [0.05, 0.1) is 0 Å². The van der Waals surface area contributed by atoms with Crippen molar-refractivity contribution >= 4 is 11.6 Å². The number of benzene rings is 3.